The van der Waals surface area contributed by atoms with E-state index in [1.54, 1.807) is 7.05 Å². The Morgan fingerprint density at radius 2 is 1.97 bits per heavy atom. The van der Waals surface area contributed by atoms with E-state index in [9.17, 15) is 4.39 Å². The molecule has 3 nitrogen and oxygen atoms in total. The monoisotopic (exact) mass is 487 g/mol. The second-order valence-electron chi connectivity index (χ2n) is 8.71. The highest BCUT2D eigenvalue weighted by molar-refractivity contribution is 6.09. The Kier molecular flexibility index (Phi) is 12.0. The van der Waals surface area contributed by atoms with Crippen molar-refractivity contribution in [3.63, 3.8) is 0 Å². The quantitative estimate of drug-likeness (QED) is 0.281. The Morgan fingerprint density at radius 3 is 2.58 bits per heavy atom. The predicted octanol–water partition coefficient (Wildman–Crippen LogP) is 6.76. The average Bonchev–Trinajstić information content (AvgIpc) is 2.89. The number of hydrogen-bond donors (Lipinski definition) is 1. The molecule has 1 aromatic heterocycles. The SMILES string of the molecule is C=CCC(CCC)NC(=C)c1cc(Cc2ccc(/C(C=NC)=C/C)cc2)c2c(n1)=C(F)CCC=2.CC. The molecule has 0 saturated heterocycles. The highest BCUT2D eigenvalue weighted by atomic mass is 19.1. The summed E-state index contributed by atoms with van der Waals surface area (Å²) in [6.45, 7) is 16.3. The van der Waals surface area contributed by atoms with E-state index >= 15 is 0 Å². The van der Waals surface area contributed by atoms with E-state index in [1.807, 2.05) is 33.1 Å². The van der Waals surface area contributed by atoms with Gasteiger partial charge in [-0.25, -0.2) is 9.37 Å². The van der Waals surface area contributed by atoms with E-state index in [1.165, 1.54) is 5.56 Å². The number of rotatable bonds is 11. The smallest absolute Gasteiger partial charge is 0.126 e. The van der Waals surface area contributed by atoms with Crippen LogP contribution < -0.4 is 15.9 Å². The Hall–Kier alpha value is -3.27. The number of fused-ring (bicyclic) bond motifs is 1. The molecule has 1 aromatic carbocycles. The average molecular weight is 488 g/mol. The number of hydrogen-bond acceptors (Lipinski definition) is 3. The van der Waals surface area contributed by atoms with Gasteiger partial charge in [0.15, 0.2) is 0 Å². The number of aliphatic imine (C=N–C) groups is 1. The van der Waals surface area contributed by atoms with Crippen molar-refractivity contribution >= 4 is 29.4 Å². The lowest BCUT2D eigenvalue weighted by molar-refractivity contribution is 0.549. The highest BCUT2D eigenvalue weighted by Crippen LogP contribution is 2.18. The molecular formula is C32H42FN3. The van der Waals surface area contributed by atoms with Crippen molar-refractivity contribution in [2.24, 2.45) is 4.99 Å². The van der Waals surface area contributed by atoms with Crippen LogP contribution in [0.5, 0.6) is 0 Å². The summed E-state index contributed by atoms with van der Waals surface area (Å²) in [6.07, 6.45) is 12.7. The van der Waals surface area contributed by atoms with Gasteiger partial charge in [-0.3, -0.25) is 4.99 Å². The Morgan fingerprint density at radius 1 is 1.25 bits per heavy atom. The van der Waals surface area contributed by atoms with Gasteiger partial charge in [0.2, 0.25) is 0 Å². The second kappa shape index (κ2) is 15.0. The minimum absolute atomic E-state index is 0.142. The normalized spacial score (nSPS) is 13.8. The Labute approximate surface area is 217 Å². The molecule has 0 fully saturated rings. The topological polar surface area (TPSA) is 37.3 Å². The van der Waals surface area contributed by atoms with Gasteiger partial charge in [0.1, 0.15) is 11.2 Å². The van der Waals surface area contributed by atoms with Crippen LogP contribution in [0.25, 0.3) is 23.2 Å². The third kappa shape index (κ3) is 7.61. The molecule has 1 N–H and O–H groups in total. The second-order valence-corrected chi connectivity index (χ2v) is 8.71. The van der Waals surface area contributed by atoms with Gasteiger partial charge in [-0.05, 0) is 60.9 Å². The molecule has 1 aliphatic carbocycles. The van der Waals surface area contributed by atoms with Gasteiger partial charge in [-0.1, -0.05) is 76.3 Å². The van der Waals surface area contributed by atoms with Crippen molar-refractivity contribution in [2.75, 3.05) is 7.05 Å². The van der Waals surface area contributed by atoms with E-state index in [0.29, 0.717) is 30.3 Å². The summed E-state index contributed by atoms with van der Waals surface area (Å²) in [7, 11) is 1.78. The molecule has 36 heavy (non-hydrogen) atoms. The van der Waals surface area contributed by atoms with Gasteiger partial charge in [-0.2, -0.15) is 0 Å². The van der Waals surface area contributed by atoms with Gasteiger partial charge in [0.05, 0.1) is 11.4 Å². The molecule has 4 heteroatoms. The maximum atomic E-state index is 14.8. The molecular weight excluding hydrogens is 445 g/mol. The maximum Gasteiger partial charge on any atom is 0.126 e. The maximum absolute atomic E-state index is 14.8. The molecule has 192 valence electrons. The molecule has 0 radical (unpaired) electrons. The zero-order valence-corrected chi connectivity index (χ0v) is 22.7. The van der Waals surface area contributed by atoms with E-state index in [0.717, 1.165) is 46.9 Å². The van der Waals surface area contributed by atoms with Crippen molar-refractivity contribution < 1.29 is 4.39 Å². The first-order valence-corrected chi connectivity index (χ1v) is 13.1. The summed E-state index contributed by atoms with van der Waals surface area (Å²) in [5.41, 5.74) is 5.89. The van der Waals surface area contributed by atoms with E-state index < -0.39 is 0 Å². The lowest BCUT2D eigenvalue weighted by Crippen LogP contribution is -2.37. The van der Waals surface area contributed by atoms with Crippen molar-refractivity contribution in [1.82, 2.24) is 10.3 Å². The molecule has 0 saturated carbocycles. The van der Waals surface area contributed by atoms with Crippen molar-refractivity contribution in [2.45, 2.75) is 72.3 Å². The molecule has 0 amide bonds. The van der Waals surface area contributed by atoms with Crippen molar-refractivity contribution in [1.29, 1.82) is 0 Å². The number of aromatic nitrogens is 1. The zero-order valence-electron chi connectivity index (χ0n) is 22.7. The van der Waals surface area contributed by atoms with Gasteiger partial charge < -0.3 is 5.32 Å². The molecule has 3 rings (SSSR count). The minimum Gasteiger partial charge on any atom is -0.381 e. The van der Waals surface area contributed by atoms with Crippen LogP contribution in [-0.2, 0) is 6.42 Å². The lowest BCUT2D eigenvalue weighted by atomic mass is 9.97. The third-order valence-electron chi connectivity index (χ3n) is 6.15. The van der Waals surface area contributed by atoms with Gasteiger partial charge in [-0.15, -0.1) is 6.58 Å². The first-order chi connectivity index (χ1) is 17.5. The van der Waals surface area contributed by atoms with Crippen LogP contribution in [0.1, 0.15) is 82.2 Å². The summed E-state index contributed by atoms with van der Waals surface area (Å²) in [5, 5.41) is 4.87. The fraction of sp³-hybridized carbons (Fsp3) is 0.375. The fourth-order valence-electron chi connectivity index (χ4n) is 4.41. The Bertz CT molecular complexity index is 1200. The van der Waals surface area contributed by atoms with E-state index in [2.05, 4.69) is 77.9 Å². The van der Waals surface area contributed by atoms with Crippen molar-refractivity contribution in [3.05, 3.63) is 88.6 Å². The van der Waals surface area contributed by atoms with Gasteiger partial charge in [0.25, 0.3) is 0 Å². The molecule has 2 aromatic rings. The molecule has 1 unspecified atom stereocenters. The fourth-order valence-corrected chi connectivity index (χ4v) is 4.41. The van der Waals surface area contributed by atoms with Crippen LogP contribution in [0.4, 0.5) is 4.39 Å². The van der Waals surface area contributed by atoms with Crippen molar-refractivity contribution in [3.8, 4) is 0 Å². The summed E-state index contributed by atoms with van der Waals surface area (Å²) in [4.78, 5) is 8.82. The standard InChI is InChI=1S/C30H36FN3.C2H6/c1-6-10-26(11-7-2)33-21(4)29-19-25(27-12-9-13-28(31)30(27)34-29)18-22-14-16-24(17-15-22)23(8-3)20-32-5;1-2/h6,8,12,14-17,19-20,26,33H,1,4,7,9-11,13,18H2,2-3,5H3;1-2H3/b23-8+,32-20?;. The third-order valence-corrected chi connectivity index (χ3v) is 6.15. The van der Waals surface area contributed by atoms with Crippen LogP contribution in [0, 0.1) is 0 Å². The number of allylic oxidation sites excluding steroid dienone is 2. The van der Waals surface area contributed by atoms with Crippen LogP contribution >= 0.6 is 0 Å². The summed E-state index contributed by atoms with van der Waals surface area (Å²) in [6, 6.07) is 10.8. The Balaban J connectivity index is 0.00000222. The van der Waals surface area contributed by atoms with Gasteiger partial charge in [0, 0.05) is 30.9 Å². The number of nitrogens with zero attached hydrogens (tertiary/aromatic N) is 2. The first-order valence-electron chi connectivity index (χ1n) is 13.1. The largest absolute Gasteiger partial charge is 0.381 e. The number of benzene rings is 1. The van der Waals surface area contributed by atoms with Gasteiger partial charge >= 0.3 is 0 Å². The molecule has 1 aliphatic rings. The molecule has 0 spiro atoms. The summed E-state index contributed by atoms with van der Waals surface area (Å²) >= 11 is 0. The molecule has 0 aliphatic heterocycles. The first kappa shape index (κ1) is 29.0. The predicted molar refractivity (Wildman–Crippen MR) is 156 cm³/mol. The number of pyridine rings is 1. The summed E-state index contributed by atoms with van der Waals surface area (Å²) in [5.74, 6) is -0.142. The van der Waals surface area contributed by atoms with Crippen LogP contribution in [0.15, 0.2) is 60.6 Å². The highest BCUT2D eigenvalue weighted by Gasteiger charge is 2.14. The number of nitrogens with one attached hydrogen (secondary N) is 1. The lowest BCUT2D eigenvalue weighted by Gasteiger charge is -2.20. The molecule has 1 heterocycles. The minimum atomic E-state index is -0.142. The van der Waals surface area contributed by atoms with E-state index in [4.69, 9.17) is 0 Å². The molecule has 1 atom stereocenters. The van der Waals surface area contributed by atoms with E-state index in [-0.39, 0.29) is 11.9 Å². The molecule has 0 bridgehead atoms. The summed E-state index contributed by atoms with van der Waals surface area (Å²) < 4.78 is 14.8. The zero-order chi connectivity index (χ0) is 26.5. The van der Waals surface area contributed by atoms with Crippen LogP contribution in [0.3, 0.4) is 0 Å². The number of halogens is 1. The van der Waals surface area contributed by atoms with Crippen LogP contribution in [0.2, 0.25) is 0 Å². The van der Waals surface area contributed by atoms with Crippen LogP contribution in [-0.4, -0.2) is 24.3 Å².